The third-order valence-corrected chi connectivity index (χ3v) is 5.09. The lowest BCUT2D eigenvalue weighted by molar-refractivity contribution is -0.121. The minimum Gasteiger partial charge on any atom is -0.399 e. The molecule has 7 heteroatoms. The first-order valence-corrected chi connectivity index (χ1v) is 9.05. The average molecular weight is 461 g/mol. The van der Waals surface area contributed by atoms with E-state index in [1.807, 2.05) is 42.5 Å². The lowest BCUT2D eigenvalue weighted by Crippen LogP contribution is -2.37. The Bertz CT molecular complexity index is 729. The topological polar surface area (TPSA) is 58.4 Å². The molecule has 1 aliphatic heterocycles. The van der Waals surface area contributed by atoms with Crippen LogP contribution in [0.5, 0.6) is 0 Å². The van der Waals surface area contributed by atoms with Crippen molar-refractivity contribution in [1.29, 1.82) is 0 Å². The number of carbonyl (C=O) groups excluding carboxylic acids is 1. The molecule has 0 radical (unpaired) electrons. The third-order valence-electron chi connectivity index (χ3n) is 4.42. The van der Waals surface area contributed by atoms with Crippen LogP contribution >= 0.6 is 40.7 Å². The van der Waals surface area contributed by atoms with Crippen molar-refractivity contribution in [3.8, 4) is 0 Å². The Balaban J connectivity index is 0.00000169. The van der Waals surface area contributed by atoms with E-state index >= 15 is 0 Å². The van der Waals surface area contributed by atoms with Gasteiger partial charge in [-0.25, -0.2) is 0 Å². The van der Waals surface area contributed by atoms with Crippen LogP contribution in [0.2, 0.25) is 0 Å². The number of para-hydroxylation sites is 2. The van der Waals surface area contributed by atoms with Crippen LogP contribution in [0.15, 0.2) is 53.0 Å². The summed E-state index contributed by atoms with van der Waals surface area (Å²) in [6.45, 7) is 1.81. The van der Waals surface area contributed by atoms with Crippen LogP contribution in [-0.4, -0.2) is 25.0 Å². The fourth-order valence-electron chi connectivity index (χ4n) is 3.11. The number of nitrogen functional groups attached to an aromatic ring is 1. The fraction of sp³-hybridized carbons (Fsp3) is 0.316. The molecule has 1 saturated heterocycles. The summed E-state index contributed by atoms with van der Waals surface area (Å²) in [6, 6.07) is 16.1. The van der Waals surface area contributed by atoms with E-state index in [4.69, 9.17) is 5.73 Å². The van der Waals surface area contributed by atoms with E-state index in [9.17, 15) is 4.79 Å². The number of halogens is 3. The Labute approximate surface area is 175 Å². The quantitative estimate of drug-likeness (QED) is 0.657. The zero-order valence-corrected chi connectivity index (χ0v) is 17.6. The number of hydrogen-bond donors (Lipinski definition) is 2. The zero-order valence-electron chi connectivity index (χ0n) is 14.4. The van der Waals surface area contributed by atoms with Gasteiger partial charge in [0.05, 0.1) is 5.69 Å². The van der Waals surface area contributed by atoms with Crippen LogP contribution in [0.25, 0.3) is 0 Å². The van der Waals surface area contributed by atoms with Gasteiger partial charge in [0.2, 0.25) is 5.91 Å². The van der Waals surface area contributed by atoms with Crippen molar-refractivity contribution in [2.75, 3.05) is 23.7 Å². The van der Waals surface area contributed by atoms with Crippen molar-refractivity contribution >= 4 is 58.0 Å². The fourth-order valence-corrected chi connectivity index (χ4v) is 3.65. The van der Waals surface area contributed by atoms with Gasteiger partial charge in [-0.05, 0) is 52.5 Å². The maximum atomic E-state index is 12.2. The molecule has 26 heavy (non-hydrogen) atoms. The predicted molar refractivity (Wildman–Crippen MR) is 117 cm³/mol. The summed E-state index contributed by atoms with van der Waals surface area (Å²) in [4.78, 5) is 14.5. The molecular formula is C19H24BrCl2N3O. The highest BCUT2D eigenvalue weighted by Gasteiger charge is 2.24. The molecule has 0 saturated carbocycles. The number of rotatable bonds is 5. The normalized spacial score (nSPS) is 15.7. The van der Waals surface area contributed by atoms with Crippen molar-refractivity contribution in [1.82, 2.24) is 5.32 Å². The van der Waals surface area contributed by atoms with Crippen LogP contribution in [-0.2, 0) is 11.2 Å². The molecule has 4 nitrogen and oxygen atoms in total. The molecule has 3 N–H and O–H groups in total. The highest BCUT2D eigenvalue weighted by Crippen LogP contribution is 2.28. The van der Waals surface area contributed by atoms with Crippen LogP contribution in [0.1, 0.15) is 18.4 Å². The highest BCUT2D eigenvalue weighted by molar-refractivity contribution is 9.10. The largest absolute Gasteiger partial charge is 0.399 e. The molecule has 1 unspecified atom stereocenters. The van der Waals surface area contributed by atoms with E-state index in [2.05, 4.69) is 32.2 Å². The maximum Gasteiger partial charge on any atom is 0.220 e. The SMILES string of the molecule is Cl.Cl.Nc1ccccc1CCC(=O)NC1CCN(c2ccccc2Br)C1. The Hall–Kier alpha value is -1.43. The van der Waals surface area contributed by atoms with Crippen LogP contribution in [0, 0.1) is 0 Å². The van der Waals surface area contributed by atoms with Gasteiger partial charge >= 0.3 is 0 Å². The van der Waals surface area contributed by atoms with E-state index < -0.39 is 0 Å². The summed E-state index contributed by atoms with van der Waals surface area (Å²) in [5, 5.41) is 3.15. The van der Waals surface area contributed by atoms with Gasteiger partial charge in [0, 0.05) is 35.7 Å². The summed E-state index contributed by atoms with van der Waals surface area (Å²) in [5.41, 5.74) is 8.90. The number of benzene rings is 2. The van der Waals surface area contributed by atoms with Crippen molar-refractivity contribution in [3.63, 3.8) is 0 Å². The van der Waals surface area contributed by atoms with Gasteiger partial charge in [-0.1, -0.05) is 30.3 Å². The average Bonchev–Trinajstić information content (AvgIpc) is 3.03. The Kier molecular flexibility index (Phi) is 9.27. The smallest absolute Gasteiger partial charge is 0.220 e. The lowest BCUT2D eigenvalue weighted by Gasteiger charge is -2.20. The molecular weight excluding hydrogens is 437 g/mol. The predicted octanol–water partition coefficient (Wildman–Crippen LogP) is 4.20. The monoisotopic (exact) mass is 459 g/mol. The second kappa shape index (κ2) is 10.7. The van der Waals surface area contributed by atoms with E-state index in [0.29, 0.717) is 12.8 Å². The van der Waals surface area contributed by atoms with Crippen LogP contribution < -0.4 is 16.0 Å². The van der Waals surface area contributed by atoms with Gasteiger partial charge in [0.1, 0.15) is 0 Å². The summed E-state index contributed by atoms with van der Waals surface area (Å²) >= 11 is 3.59. The van der Waals surface area contributed by atoms with Crippen LogP contribution in [0.4, 0.5) is 11.4 Å². The first-order chi connectivity index (χ1) is 11.6. The Morgan fingerprint density at radius 1 is 1.15 bits per heavy atom. The van der Waals surface area contributed by atoms with Gasteiger partial charge in [-0.2, -0.15) is 0 Å². The highest BCUT2D eigenvalue weighted by atomic mass is 79.9. The molecule has 1 amide bonds. The number of nitrogens with two attached hydrogens (primary N) is 1. The number of amides is 1. The number of carbonyl (C=O) groups is 1. The van der Waals surface area contributed by atoms with Gasteiger partial charge in [0.25, 0.3) is 0 Å². The van der Waals surface area contributed by atoms with E-state index in [1.165, 1.54) is 5.69 Å². The second-order valence-corrected chi connectivity index (χ2v) is 7.00. The van der Waals surface area contributed by atoms with Gasteiger partial charge in [-0.15, -0.1) is 24.8 Å². The number of aryl methyl sites for hydroxylation is 1. The molecule has 3 rings (SSSR count). The van der Waals surface area contributed by atoms with Crippen LogP contribution in [0.3, 0.4) is 0 Å². The van der Waals surface area contributed by atoms with Crippen molar-refractivity contribution in [2.24, 2.45) is 0 Å². The Morgan fingerprint density at radius 3 is 2.58 bits per heavy atom. The standard InChI is InChI=1S/C19H22BrN3O.2ClH/c20-16-6-2-4-8-18(16)23-12-11-15(13-23)22-19(24)10-9-14-5-1-3-7-17(14)21;;/h1-8,15H,9-13,21H2,(H,22,24);2*1H. The molecule has 0 aromatic heterocycles. The van der Waals surface area contributed by atoms with Gasteiger partial charge < -0.3 is 16.0 Å². The minimum atomic E-state index is 0. The number of hydrogen-bond acceptors (Lipinski definition) is 3. The second-order valence-electron chi connectivity index (χ2n) is 6.15. The Morgan fingerprint density at radius 2 is 1.85 bits per heavy atom. The number of nitrogens with one attached hydrogen (secondary N) is 1. The number of nitrogens with zero attached hydrogens (tertiary/aromatic N) is 1. The maximum absolute atomic E-state index is 12.2. The van der Waals surface area contributed by atoms with Gasteiger partial charge in [0.15, 0.2) is 0 Å². The molecule has 142 valence electrons. The molecule has 0 spiro atoms. The lowest BCUT2D eigenvalue weighted by atomic mass is 10.1. The van der Waals surface area contributed by atoms with Gasteiger partial charge in [-0.3, -0.25) is 4.79 Å². The number of anilines is 2. The molecule has 2 aromatic carbocycles. The summed E-state index contributed by atoms with van der Waals surface area (Å²) in [7, 11) is 0. The van der Waals surface area contributed by atoms with Crippen molar-refractivity contribution in [2.45, 2.75) is 25.3 Å². The van der Waals surface area contributed by atoms with Crippen molar-refractivity contribution in [3.05, 3.63) is 58.6 Å². The van der Waals surface area contributed by atoms with E-state index in [0.717, 1.165) is 35.2 Å². The molecule has 1 aliphatic rings. The molecule has 0 bridgehead atoms. The van der Waals surface area contributed by atoms with E-state index in [-0.39, 0.29) is 36.8 Å². The molecule has 1 atom stereocenters. The zero-order chi connectivity index (χ0) is 16.9. The first-order valence-electron chi connectivity index (χ1n) is 8.25. The van der Waals surface area contributed by atoms with E-state index in [1.54, 1.807) is 0 Å². The summed E-state index contributed by atoms with van der Waals surface area (Å²) in [6.07, 6.45) is 2.12. The van der Waals surface area contributed by atoms with Crippen molar-refractivity contribution < 1.29 is 4.79 Å². The summed E-state index contributed by atoms with van der Waals surface area (Å²) < 4.78 is 1.09. The molecule has 1 fully saturated rings. The third kappa shape index (κ3) is 5.79. The molecule has 0 aliphatic carbocycles. The molecule has 2 aromatic rings. The molecule has 1 heterocycles. The first kappa shape index (κ1) is 22.6. The summed E-state index contributed by atoms with van der Waals surface area (Å²) in [5.74, 6) is 0.0947. The minimum absolute atomic E-state index is 0.